The monoisotopic (exact) mass is 294 g/mol. The van der Waals surface area contributed by atoms with E-state index in [-0.39, 0.29) is 5.56 Å². The quantitative estimate of drug-likeness (QED) is 0.631. The molecule has 0 aromatic heterocycles. The standard InChI is InChI=1S/C9H8BrFO3S/c1-15(13,14)9(10)8(12)6-2-4-7(11)5-3-6/h2-5,9H,1H3/t9-/m1/s1. The number of carbonyl (C=O) groups excluding carboxylic acids is 1. The van der Waals surface area contributed by atoms with Crippen molar-refractivity contribution in [3.8, 4) is 0 Å². The van der Waals surface area contributed by atoms with Gasteiger partial charge >= 0.3 is 0 Å². The fourth-order valence-electron chi connectivity index (χ4n) is 0.940. The van der Waals surface area contributed by atoms with Crippen LogP contribution in [0.2, 0.25) is 0 Å². The molecule has 3 nitrogen and oxygen atoms in total. The number of sulfone groups is 1. The summed E-state index contributed by atoms with van der Waals surface area (Å²) in [5, 5.41) is 0. The Morgan fingerprint density at radius 1 is 1.33 bits per heavy atom. The maximum Gasteiger partial charge on any atom is 0.191 e. The summed E-state index contributed by atoms with van der Waals surface area (Å²) in [6, 6.07) is 4.71. The lowest BCUT2D eigenvalue weighted by Gasteiger charge is -2.06. The molecule has 0 unspecified atom stereocenters. The van der Waals surface area contributed by atoms with Crippen LogP contribution in [0.5, 0.6) is 0 Å². The molecule has 0 radical (unpaired) electrons. The summed E-state index contributed by atoms with van der Waals surface area (Å²) in [6.45, 7) is 0. The van der Waals surface area contributed by atoms with Crippen molar-refractivity contribution in [3.63, 3.8) is 0 Å². The minimum Gasteiger partial charge on any atom is -0.292 e. The molecule has 1 aromatic rings. The van der Waals surface area contributed by atoms with Gasteiger partial charge in [0.1, 0.15) is 5.82 Å². The lowest BCUT2D eigenvalue weighted by Crippen LogP contribution is -2.23. The van der Waals surface area contributed by atoms with Crippen LogP contribution < -0.4 is 0 Å². The summed E-state index contributed by atoms with van der Waals surface area (Å²) in [4.78, 5) is 11.6. The first-order valence-corrected chi connectivity index (χ1v) is 6.82. The molecule has 82 valence electrons. The molecule has 0 aliphatic carbocycles. The highest BCUT2D eigenvalue weighted by atomic mass is 79.9. The number of ketones is 1. The SMILES string of the molecule is CS(=O)(=O)[C@@H](Br)C(=O)c1ccc(F)cc1. The number of carbonyl (C=O) groups is 1. The molecular weight excluding hydrogens is 287 g/mol. The van der Waals surface area contributed by atoms with Gasteiger partial charge < -0.3 is 0 Å². The maximum absolute atomic E-state index is 12.5. The molecule has 0 fully saturated rings. The van der Waals surface area contributed by atoms with Gasteiger partial charge in [0, 0.05) is 11.8 Å². The normalized spacial score (nSPS) is 13.5. The molecule has 1 aromatic carbocycles. The fourth-order valence-corrected chi connectivity index (χ4v) is 1.73. The zero-order valence-corrected chi connectivity index (χ0v) is 10.2. The van der Waals surface area contributed by atoms with Crippen molar-refractivity contribution in [1.29, 1.82) is 0 Å². The molecule has 0 N–H and O–H groups in total. The van der Waals surface area contributed by atoms with Crippen LogP contribution in [0.15, 0.2) is 24.3 Å². The van der Waals surface area contributed by atoms with E-state index in [2.05, 4.69) is 15.9 Å². The van der Waals surface area contributed by atoms with Gasteiger partial charge in [-0.15, -0.1) is 0 Å². The highest BCUT2D eigenvalue weighted by Gasteiger charge is 2.26. The number of alkyl halides is 1. The van der Waals surface area contributed by atoms with Gasteiger partial charge in [0.25, 0.3) is 0 Å². The van der Waals surface area contributed by atoms with Crippen LogP contribution in [0.25, 0.3) is 0 Å². The van der Waals surface area contributed by atoms with E-state index < -0.39 is 25.6 Å². The molecule has 0 heterocycles. The Balaban J connectivity index is 3.01. The van der Waals surface area contributed by atoms with Crippen molar-refractivity contribution >= 4 is 31.6 Å². The van der Waals surface area contributed by atoms with Gasteiger partial charge in [0.15, 0.2) is 19.8 Å². The van der Waals surface area contributed by atoms with Gasteiger partial charge in [-0.2, -0.15) is 0 Å². The zero-order valence-electron chi connectivity index (χ0n) is 7.78. The summed E-state index contributed by atoms with van der Waals surface area (Å²) in [5.41, 5.74) is 0.156. The second kappa shape index (κ2) is 4.40. The smallest absolute Gasteiger partial charge is 0.191 e. The van der Waals surface area contributed by atoms with Crippen molar-refractivity contribution in [2.24, 2.45) is 0 Å². The van der Waals surface area contributed by atoms with E-state index in [1.807, 2.05) is 0 Å². The third-order valence-electron chi connectivity index (χ3n) is 1.71. The third-order valence-corrected chi connectivity index (χ3v) is 5.13. The van der Waals surface area contributed by atoms with E-state index >= 15 is 0 Å². The van der Waals surface area contributed by atoms with Crippen LogP contribution in [0.1, 0.15) is 10.4 Å². The first-order valence-electron chi connectivity index (χ1n) is 3.95. The van der Waals surface area contributed by atoms with Crippen LogP contribution in [-0.4, -0.2) is 24.6 Å². The second-order valence-corrected chi connectivity index (χ2v) is 6.67. The van der Waals surface area contributed by atoms with E-state index in [0.717, 1.165) is 18.4 Å². The first kappa shape index (κ1) is 12.3. The molecule has 0 amide bonds. The summed E-state index contributed by atoms with van der Waals surface area (Å²) in [7, 11) is -3.49. The molecule has 15 heavy (non-hydrogen) atoms. The predicted octanol–water partition coefficient (Wildman–Crippen LogP) is 1.77. The van der Waals surface area contributed by atoms with E-state index in [0.29, 0.717) is 0 Å². The number of hydrogen-bond donors (Lipinski definition) is 0. The van der Waals surface area contributed by atoms with Gasteiger partial charge in [0.2, 0.25) is 0 Å². The number of hydrogen-bond acceptors (Lipinski definition) is 3. The Hall–Kier alpha value is -0.750. The molecular formula is C9H8BrFO3S. The van der Waals surface area contributed by atoms with Crippen LogP contribution in [-0.2, 0) is 9.84 Å². The van der Waals surface area contributed by atoms with Crippen LogP contribution in [0.4, 0.5) is 4.39 Å². The number of halogens is 2. The molecule has 6 heteroatoms. The summed E-state index contributed by atoms with van der Waals surface area (Å²) >= 11 is 2.79. The van der Waals surface area contributed by atoms with Gasteiger partial charge in [0.05, 0.1) is 0 Å². The molecule has 0 saturated carbocycles. The molecule has 1 atom stereocenters. The Morgan fingerprint density at radius 3 is 2.20 bits per heavy atom. The van der Waals surface area contributed by atoms with Crippen molar-refractivity contribution < 1.29 is 17.6 Å². The average Bonchev–Trinajstić information content (AvgIpc) is 2.15. The highest BCUT2D eigenvalue weighted by Crippen LogP contribution is 2.15. The predicted molar refractivity (Wildman–Crippen MR) is 58.3 cm³/mol. The first-order chi connectivity index (χ1) is 6.82. The Bertz CT molecular complexity index is 467. The van der Waals surface area contributed by atoms with Crippen molar-refractivity contribution in [2.45, 2.75) is 4.16 Å². The number of benzene rings is 1. The van der Waals surface area contributed by atoms with Crippen molar-refractivity contribution in [3.05, 3.63) is 35.6 Å². The summed E-state index contributed by atoms with van der Waals surface area (Å²) in [6.07, 6.45) is 0.952. The zero-order chi connectivity index (χ0) is 11.6. The van der Waals surface area contributed by atoms with Crippen LogP contribution in [0.3, 0.4) is 0 Å². The van der Waals surface area contributed by atoms with Gasteiger partial charge in [-0.05, 0) is 24.3 Å². The molecule has 0 aliphatic heterocycles. The van der Waals surface area contributed by atoms with E-state index in [1.165, 1.54) is 12.1 Å². The Kier molecular flexibility index (Phi) is 3.62. The van der Waals surface area contributed by atoms with E-state index in [9.17, 15) is 17.6 Å². The molecule has 0 aliphatic rings. The summed E-state index contributed by atoms with van der Waals surface area (Å²) < 4.78 is 33.4. The van der Waals surface area contributed by atoms with Crippen LogP contribution >= 0.6 is 15.9 Å². The van der Waals surface area contributed by atoms with Gasteiger partial charge in [-0.3, -0.25) is 4.79 Å². The minimum atomic E-state index is -3.49. The number of rotatable bonds is 3. The minimum absolute atomic E-state index is 0.156. The fraction of sp³-hybridized carbons (Fsp3) is 0.222. The highest BCUT2D eigenvalue weighted by molar-refractivity contribution is 9.11. The second-order valence-electron chi connectivity index (χ2n) is 3.02. The Morgan fingerprint density at radius 2 is 1.80 bits per heavy atom. The maximum atomic E-state index is 12.5. The summed E-state index contributed by atoms with van der Waals surface area (Å²) in [5.74, 6) is -1.07. The van der Waals surface area contributed by atoms with Crippen molar-refractivity contribution in [2.75, 3.05) is 6.26 Å². The van der Waals surface area contributed by atoms with Gasteiger partial charge in [-0.1, -0.05) is 15.9 Å². The van der Waals surface area contributed by atoms with Crippen LogP contribution in [0, 0.1) is 5.82 Å². The molecule has 0 saturated heterocycles. The van der Waals surface area contributed by atoms with Crippen molar-refractivity contribution in [1.82, 2.24) is 0 Å². The Labute approximate surface area is 95.3 Å². The lowest BCUT2D eigenvalue weighted by atomic mass is 10.1. The van der Waals surface area contributed by atoms with E-state index in [1.54, 1.807) is 0 Å². The topological polar surface area (TPSA) is 51.2 Å². The largest absolute Gasteiger partial charge is 0.292 e. The number of Topliss-reactive ketones (excluding diaryl/α,β-unsaturated/α-hetero) is 1. The molecule has 1 rings (SSSR count). The van der Waals surface area contributed by atoms with E-state index in [4.69, 9.17) is 0 Å². The molecule has 0 bridgehead atoms. The lowest BCUT2D eigenvalue weighted by molar-refractivity contribution is 0.101. The van der Waals surface area contributed by atoms with Gasteiger partial charge in [-0.25, -0.2) is 12.8 Å². The third kappa shape index (κ3) is 3.10. The average molecular weight is 295 g/mol. The molecule has 0 spiro atoms.